The van der Waals surface area contributed by atoms with Gasteiger partial charge in [0.05, 0.1) is 5.56 Å². The second-order valence-electron chi connectivity index (χ2n) is 4.39. The van der Waals surface area contributed by atoms with Crippen molar-refractivity contribution in [1.29, 1.82) is 0 Å². The molecule has 0 fully saturated rings. The number of amides is 3. The van der Waals surface area contributed by atoms with Gasteiger partial charge < -0.3 is 5.32 Å². The summed E-state index contributed by atoms with van der Waals surface area (Å²) in [6.07, 6.45) is 0. The molecule has 2 N–H and O–H groups in total. The van der Waals surface area contributed by atoms with E-state index in [1.807, 2.05) is 5.32 Å². The summed E-state index contributed by atoms with van der Waals surface area (Å²) in [5.41, 5.74) is 0.364. The summed E-state index contributed by atoms with van der Waals surface area (Å²) in [5, 5.41) is 4.97. The average molecular weight is 325 g/mol. The third-order valence-corrected chi connectivity index (χ3v) is 3.02. The molecular formula is C15H11ClF2N2O2. The van der Waals surface area contributed by atoms with Gasteiger partial charge in [-0.3, -0.25) is 10.1 Å². The number of urea groups is 1. The second-order valence-corrected chi connectivity index (χ2v) is 4.82. The number of rotatable bonds is 3. The van der Waals surface area contributed by atoms with Crippen LogP contribution >= 0.6 is 11.6 Å². The third kappa shape index (κ3) is 4.26. The van der Waals surface area contributed by atoms with Crippen molar-refractivity contribution in [3.63, 3.8) is 0 Å². The summed E-state index contributed by atoms with van der Waals surface area (Å²) in [7, 11) is 0. The Morgan fingerprint density at radius 3 is 2.36 bits per heavy atom. The summed E-state index contributed by atoms with van der Waals surface area (Å²) in [6, 6.07) is 8.43. The number of carbonyl (C=O) groups is 2. The van der Waals surface area contributed by atoms with E-state index in [0.29, 0.717) is 11.1 Å². The molecule has 3 amide bonds. The van der Waals surface area contributed by atoms with Gasteiger partial charge >= 0.3 is 6.03 Å². The molecule has 0 aliphatic heterocycles. The lowest BCUT2D eigenvalue weighted by Gasteiger charge is -2.07. The SMILES string of the molecule is O=C(NCc1ccc(Cl)cc1)NC(=O)c1ccc(F)cc1F. The zero-order valence-corrected chi connectivity index (χ0v) is 12.0. The Bertz CT molecular complexity index is 705. The van der Waals surface area contributed by atoms with Gasteiger partial charge in [-0.25, -0.2) is 13.6 Å². The quantitative estimate of drug-likeness (QED) is 0.910. The number of halogens is 3. The normalized spacial score (nSPS) is 10.1. The number of imide groups is 1. The Hall–Kier alpha value is -2.47. The lowest BCUT2D eigenvalue weighted by molar-refractivity contribution is 0.0960. The molecule has 0 saturated carbocycles. The largest absolute Gasteiger partial charge is 0.334 e. The lowest BCUT2D eigenvalue weighted by Crippen LogP contribution is -2.39. The van der Waals surface area contributed by atoms with Crippen molar-refractivity contribution in [3.8, 4) is 0 Å². The molecule has 2 aromatic carbocycles. The molecule has 0 radical (unpaired) electrons. The number of hydrogen-bond acceptors (Lipinski definition) is 2. The first-order valence-corrected chi connectivity index (χ1v) is 6.62. The number of benzene rings is 2. The average Bonchev–Trinajstić information content (AvgIpc) is 2.46. The maximum absolute atomic E-state index is 13.4. The van der Waals surface area contributed by atoms with Gasteiger partial charge in [-0.1, -0.05) is 23.7 Å². The monoisotopic (exact) mass is 324 g/mol. The highest BCUT2D eigenvalue weighted by atomic mass is 35.5. The smallest absolute Gasteiger partial charge is 0.321 e. The molecule has 114 valence electrons. The van der Waals surface area contributed by atoms with Crippen molar-refractivity contribution in [3.05, 3.63) is 70.2 Å². The summed E-state index contributed by atoms with van der Waals surface area (Å²) in [4.78, 5) is 23.3. The summed E-state index contributed by atoms with van der Waals surface area (Å²) < 4.78 is 26.1. The maximum atomic E-state index is 13.4. The Labute approximate surface area is 130 Å². The molecule has 0 spiro atoms. The highest BCUT2D eigenvalue weighted by Gasteiger charge is 2.15. The van der Waals surface area contributed by atoms with Crippen LogP contribution in [0.2, 0.25) is 5.02 Å². The first kappa shape index (κ1) is 15.9. The highest BCUT2D eigenvalue weighted by Crippen LogP contribution is 2.10. The van der Waals surface area contributed by atoms with Crippen LogP contribution in [0.25, 0.3) is 0 Å². The minimum atomic E-state index is -1.04. The molecule has 0 bridgehead atoms. The fraction of sp³-hybridized carbons (Fsp3) is 0.0667. The van der Waals surface area contributed by atoms with Gasteiger partial charge in [-0.15, -0.1) is 0 Å². The van der Waals surface area contributed by atoms with Crippen LogP contribution in [0.15, 0.2) is 42.5 Å². The van der Waals surface area contributed by atoms with Gasteiger partial charge in [-0.05, 0) is 29.8 Å². The molecule has 2 aromatic rings. The molecule has 0 aliphatic carbocycles. The zero-order chi connectivity index (χ0) is 16.1. The Balaban J connectivity index is 1.91. The molecule has 0 atom stereocenters. The van der Waals surface area contributed by atoms with Gasteiger partial charge in [0.25, 0.3) is 5.91 Å². The lowest BCUT2D eigenvalue weighted by atomic mass is 10.2. The predicted octanol–water partition coefficient (Wildman–Crippen LogP) is 3.26. The summed E-state index contributed by atoms with van der Waals surface area (Å²) in [6.45, 7) is 0.169. The van der Waals surface area contributed by atoms with E-state index in [-0.39, 0.29) is 6.54 Å². The molecular weight excluding hydrogens is 314 g/mol. The fourth-order valence-corrected chi connectivity index (χ4v) is 1.80. The molecule has 0 unspecified atom stereocenters. The van der Waals surface area contributed by atoms with E-state index >= 15 is 0 Å². The Morgan fingerprint density at radius 2 is 1.73 bits per heavy atom. The van der Waals surface area contributed by atoms with Gasteiger partial charge in [0.15, 0.2) is 0 Å². The summed E-state index contributed by atoms with van der Waals surface area (Å²) >= 11 is 5.73. The fourth-order valence-electron chi connectivity index (χ4n) is 1.67. The number of nitrogens with one attached hydrogen (secondary N) is 2. The molecule has 2 rings (SSSR count). The topological polar surface area (TPSA) is 58.2 Å². The molecule has 0 aromatic heterocycles. The third-order valence-electron chi connectivity index (χ3n) is 2.77. The van der Waals surface area contributed by atoms with Crippen molar-refractivity contribution in [1.82, 2.24) is 10.6 Å². The van der Waals surface area contributed by atoms with Crippen LogP contribution in [0.4, 0.5) is 13.6 Å². The number of carbonyl (C=O) groups excluding carboxylic acids is 2. The van der Waals surface area contributed by atoms with Crippen molar-refractivity contribution < 1.29 is 18.4 Å². The first-order chi connectivity index (χ1) is 10.5. The minimum Gasteiger partial charge on any atom is -0.334 e. The van der Waals surface area contributed by atoms with Crippen LogP contribution in [-0.2, 0) is 6.54 Å². The van der Waals surface area contributed by atoms with Crippen molar-refractivity contribution in [2.45, 2.75) is 6.54 Å². The van der Waals surface area contributed by atoms with Crippen LogP contribution in [-0.4, -0.2) is 11.9 Å². The van der Waals surface area contributed by atoms with E-state index in [2.05, 4.69) is 5.32 Å². The highest BCUT2D eigenvalue weighted by molar-refractivity contribution is 6.30. The zero-order valence-electron chi connectivity index (χ0n) is 11.2. The van der Waals surface area contributed by atoms with E-state index < -0.39 is 29.1 Å². The second kappa shape index (κ2) is 7.00. The maximum Gasteiger partial charge on any atom is 0.321 e. The molecule has 0 heterocycles. The van der Waals surface area contributed by atoms with Crippen LogP contribution in [0.5, 0.6) is 0 Å². The van der Waals surface area contributed by atoms with Crippen LogP contribution < -0.4 is 10.6 Å². The predicted molar refractivity (Wildman–Crippen MR) is 77.5 cm³/mol. The van der Waals surface area contributed by atoms with E-state index in [1.54, 1.807) is 24.3 Å². The van der Waals surface area contributed by atoms with Crippen molar-refractivity contribution >= 4 is 23.5 Å². The van der Waals surface area contributed by atoms with Crippen LogP contribution in [0.3, 0.4) is 0 Å². The van der Waals surface area contributed by atoms with Gasteiger partial charge in [-0.2, -0.15) is 0 Å². The molecule has 22 heavy (non-hydrogen) atoms. The van der Waals surface area contributed by atoms with Crippen LogP contribution in [0.1, 0.15) is 15.9 Å². The molecule has 7 heteroatoms. The van der Waals surface area contributed by atoms with Gasteiger partial charge in [0.2, 0.25) is 0 Å². The Morgan fingerprint density at radius 1 is 1.05 bits per heavy atom. The van der Waals surface area contributed by atoms with E-state index in [1.165, 1.54) is 0 Å². The molecule has 0 aliphatic rings. The summed E-state index contributed by atoms with van der Waals surface area (Å²) in [5.74, 6) is -2.80. The van der Waals surface area contributed by atoms with Crippen molar-refractivity contribution in [2.24, 2.45) is 0 Å². The van der Waals surface area contributed by atoms with E-state index in [0.717, 1.165) is 17.7 Å². The van der Waals surface area contributed by atoms with E-state index in [9.17, 15) is 18.4 Å². The number of hydrogen-bond donors (Lipinski definition) is 2. The van der Waals surface area contributed by atoms with Crippen LogP contribution in [0, 0.1) is 11.6 Å². The first-order valence-electron chi connectivity index (χ1n) is 6.24. The molecule has 0 saturated heterocycles. The minimum absolute atomic E-state index is 0.169. The standard InChI is InChI=1S/C15H11ClF2N2O2/c16-10-3-1-9(2-4-10)8-19-15(22)20-14(21)12-6-5-11(17)7-13(12)18/h1-7H,8H2,(H2,19,20,21,22). The van der Waals surface area contributed by atoms with Gasteiger partial charge in [0.1, 0.15) is 11.6 Å². The Kier molecular flexibility index (Phi) is 5.06. The van der Waals surface area contributed by atoms with E-state index in [4.69, 9.17) is 11.6 Å². The van der Waals surface area contributed by atoms with Gasteiger partial charge in [0, 0.05) is 17.6 Å². The van der Waals surface area contributed by atoms with Crippen molar-refractivity contribution in [2.75, 3.05) is 0 Å². The molecule has 4 nitrogen and oxygen atoms in total.